The Hall–Kier alpha value is -1.20. The smallest absolute Gasteiger partial charge is 0.0794 e. The summed E-state index contributed by atoms with van der Waals surface area (Å²) in [4.78, 5) is 5.28. The highest BCUT2D eigenvalue weighted by Crippen LogP contribution is 2.23. The fraction of sp³-hybridized carbons (Fsp3) is 0.333. The van der Waals surface area contributed by atoms with Crippen LogP contribution in [0.1, 0.15) is 16.5 Å². The van der Waals surface area contributed by atoms with Crippen LogP contribution in [0.2, 0.25) is 0 Å². The molecule has 2 aromatic heterocycles. The van der Waals surface area contributed by atoms with Gasteiger partial charge in [0.25, 0.3) is 0 Å². The van der Waals surface area contributed by atoms with Crippen LogP contribution in [0.3, 0.4) is 0 Å². The Morgan fingerprint density at radius 1 is 1.50 bits per heavy atom. The third-order valence-corrected chi connectivity index (χ3v) is 2.92. The molecule has 2 rings (SSSR count). The van der Waals surface area contributed by atoms with Crippen molar-refractivity contribution in [1.29, 1.82) is 0 Å². The minimum absolute atomic E-state index is 0.205. The number of thiazole rings is 1. The van der Waals surface area contributed by atoms with Crippen molar-refractivity contribution in [3.05, 3.63) is 34.5 Å². The van der Waals surface area contributed by atoms with E-state index in [0.29, 0.717) is 0 Å². The minimum Gasteiger partial charge on any atom is -0.309 e. The molecule has 2 aromatic rings. The van der Waals surface area contributed by atoms with Gasteiger partial charge in [-0.05, 0) is 7.05 Å². The number of hydrogen-bond donors (Lipinski definition) is 1. The predicted octanol–water partition coefficient (Wildman–Crippen LogP) is 1.19. The Kier molecular flexibility index (Phi) is 2.60. The van der Waals surface area contributed by atoms with Crippen LogP contribution in [0.25, 0.3) is 0 Å². The maximum Gasteiger partial charge on any atom is 0.0794 e. The fourth-order valence-electron chi connectivity index (χ4n) is 1.43. The van der Waals surface area contributed by atoms with E-state index in [2.05, 4.69) is 15.4 Å². The second kappa shape index (κ2) is 3.89. The molecule has 0 fully saturated rings. The van der Waals surface area contributed by atoms with Crippen LogP contribution in [-0.2, 0) is 7.05 Å². The standard InChI is InChI=1S/C9H12N4S/c1-10-9(8-4-11-6-14-8)7-3-12-13(2)5-7/h3-6,9-10H,1-2H3. The zero-order valence-electron chi connectivity index (χ0n) is 8.14. The van der Waals surface area contributed by atoms with E-state index in [1.54, 1.807) is 16.0 Å². The van der Waals surface area contributed by atoms with Gasteiger partial charge in [-0.3, -0.25) is 9.67 Å². The molecular weight excluding hydrogens is 196 g/mol. The number of aromatic nitrogens is 3. The zero-order valence-corrected chi connectivity index (χ0v) is 8.95. The van der Waals surface area contributed by atoms with Crippen LogP contribution in [0.5, 0.6) is 0 Å². The molecule has 74 valence electrons. The van der Waals surface area contributed by atoms with Gasteiger partial charge in [0.2, 0.25) is 0 Å². The molecule has 2 heterocycles. The van der Waals surface area contributed by atoms with Gasteiger partial charge in [-0.1, -0.05) is 0 Å². The summed E-state index contributed by atoms with van der Waals surface area (Å²) in [5.74, 6) is 0. The minimum atomic E-state index is 0.205. The van der Waals surface area contributed by atoms with Crippen molar-refractivity contribution in [2.24, 2.45) is 7.05 Å². The molecule has 1 atom stereocenters. The summed E-state index contributed by atoms with van der Waals surface area (Å²) >= 11 is 1.65. The Morgan fingerprint density at radius 2 is 2.36 bits per heavy atom. The van der Waals surface area contributed by atoms with Crippen molar-refractivity contribution in [1.82, 2.24) is 20.1 Å². The largest absolute Gasteiger partial charge is 0.309 e. The summed E-state index contributed by atoms with van der Waals surface area (Å²) in [5, 5.41) is 7.41. The predicted molar refractivity (Wildman–Crippen MR) is 56.2 cm³/mol. The van der Waals surface area contributed by atoms with E-state index in [1.807, 2.05) is 38.2 Å². The van der Waals surface area contributed by atoms with Gasteiger partial charge in [-0.2, -0.15) is 5.10 Å². The molecule has 14 heavy (non-hydrogen) atoms. The van der Waals surface area contributed by atoms with E-state index in [0.717, 1.165) is 0 Å². The van der Waals surface area contributed by atoms with Gasteiger partial charge >= 0.3 is 0 Å². The first kappa shape index (κ1) is 9.36. The van der Waals surface area contributed by atoms with Crippen LogP contribution >= 0.6 is 11.3 Å². The van der Waals surface area contributed by atoms with E-state index >= 15 is 0 Å². The first-order valence-electron chi connectivity index (χ1n) is 4.35. The normalized spacial score (nSPS) is 13.0. The highest BCUT2D eigenvalue weighted by Gasteiger charge is 2.14. The Balaban J connectivity index is 2.31. The van der Waals surface area contributed by atoms with Crippen molar-refractivity contribution < 1.29 is 0 Å². The van der Waals surface area contributed by atoms with Crippen molar-refractivity contribution >= 4 is 11.3 Å². The molecule has 0 aliphatic carbocycles. The van der Waals surface area contributed by atoms with Gasteiger partial charge in [-0.15, -0.1) is 11.3 Å². The molecular formula is C9H12N4S. The number of nitrogens with one attached hydrogen (secondary N) is 1. The van der Waals surface area contributed by atoms with Gasteiger partial charge < -0.3 is 5.32 Å². The van der Waals surface area contributed by atoms with Crippen LogP contribution in [0.4, 0.5) is 0 Å². The highest BCUT2D eigenvalue weighted by atomic mass is 32.1. The Bertz CT molecular complexity index is 393. The van der Waals surface area contributed by atoms with Gasteiger partial charge in [0.15, 0.2) is 0 Å². The topological polar surface area (TPSA) is 42.7 Å². The van der Waals surface area contributed by atoms with E-state index in [-0.39, 0.29) is 6.04 Å². The van der Waals surface area contributed by atoms with Crippen molar-refractivity contribution in [2.45, 2.75) is 6.04 Å². The average Bonchev–Trinajstić information content (AvgIpc) is 2.79. The summed E-state index contributed by atoms with van der Waals surface area (Å²) in [5.41, 5.74) is 3.01. The zero-order chi connectivity index (χ0) is 9.97. The van der Waals surface area contributed by atoms with Crippen LogP contribution in [0, 0.1) is 0 Å². The molecule has 1 N–H and O–H groups in total. The molecule has 0 amide bonds. The lowest BCUT2D eigenvalue weighted by Gasteiger charge is -2.10. The first-order valence-corrected chi connectivity index (χ1v) is 5.23. The SMILES string of the molecule is CNC(c1cnn(C)c1)c1cncs1. The molecule has 4 nitrogen and oxygen atoms in total. The lowest BCUT2D eigenvalue weighted by atomic mass is 10.1. The summed E-state index contributed by atoms with van der Waals surface area (Å²) in [6, 6.07) is 0.205. The Labute approximate surface area is 86.6 Å². The monoisotopic (exact) mass is 208 g/mol. The Morgan fingerprint density at radius 3 is 2.86 bits per heavy atom. The van der Waals surface area contributed by atoms with E-state index in [1.165, 1.54) is 10.4 Å². The number of nitrogens with zero attached hydrogens (tertiary/aromatic N) is 3. The second-order valence-corrected chi connectivity index (χ2v) is 3.99. The molecule has 1 unspecified atom stereocenters. The summed E-state index contributed by atoms with van der Waals surface area (Å²) in [6.07, 6.45) is 5.78. The number of aryl methyl sites for hydroxylation is 1. The second-order valence-electron chi connectivity index (χ2n) is 3.07. The van der Waals surface area contributed by atoms with Crippen molar-refractivity contribution in [2.75, 3.05) is 7.05 Å². The molecule has 0 aromatic carbocycles. The van der Waals surface area contributed by atoms with Gasteiger partial charge in [-0.25, -0.2) is 0 Å². The van der Waals surface area contributed by atoms with Gasteiger partial charge in [0.05, 0.1) is 17.7 Å². The van der Waals surface area contributed by atoms with Crippen molar-refractivity contribution in [3.63, 3.8) is 0 Å². The molecule has 5 heteroatoms. The maximum atomic E-state index is 4.16. The van der Waals surface area contributed by atoms with E-state index in [9.17, 15) is 0 Å². The van der Waals surface area contributed by atoms with Crippen LogP contribution < -0.4 is 5.32 Å². The molecule has 0 radical (unpaired) electrons. The number of rotatable bonds is 3. The quantitative estimate of drug-likeness (QED) is 0.823. The van der Waals surface area contributed by atoms with Gasteiger partial charge in [0.1, 0.15) is 0 Å². The first-order chi connectivity index (χ1) is 6.81. The van der Waals surface area contributed by atoms with Crippen molar-refractivity contribution in [3.8, 4) is 0 Å². The number of hydrogen-bond acceptors (Lipinski definition) is 4. The van der Waals surface area contributed by atoms with Crippen LogP contribution in [0.15, 0.2) is 24.1 Å². The molecule has 0 aliphatic rings. The average molecular weight is 208 g/mol. The fourth-order valence-corrected chi connectivity index (χ4v) is 2.19. The van der Waals surface area contributed by atoms with E-state index in [4.69, 9.17) is 0 Å². The molecule has 0 bridgehead atoms. The molecule has 0 spiro atoms. The third-order valence-electron chi connectivity index (χ3n) is 2.08. The third kappa shape index (κ3) is 1.69. The molecule has 0 saturated carbocycles. The summed E-state index contributed by atoms with van der Waals surface area (Å²) in [7, 11) is 3.86. The maximum absolute atomic E-state index is 4.16. The highest BCUT2D eigenvalue weighted by molar-refractivity contribution is 7.09. The molecule has 0 aliphatic heterocycles. The van der Waals surface area contributed by atoms with Crippen LogP contribution in [-0.4, -0.2) is 21.8 Å². The lowest BCUT2D eigenvalue weighted by Crippen LogP contribution is -2.15. The van der Waals surface area contributed by atoms with E-state index < -0.39 is 0 Å². The molecule has 0 saturated heterocycles. The summed E-state index contributed by atoms with van der Waals surface area (Å²) < 4.78 is 1.81. The summed E-state index contributed by atoms with van der Waals surface area (Å²) in [6.45, 7) is 0. The lowest BCUT2D eigenvalue weighted by molar-refractivity contribution is 0.699. The van der Waals surface area contributed by atoms with Gasteiger partial charge in [0, 0.05) is 29.9 Å².